The standard InChI is InChI=1S/C24H18F3NO2/c1-15-22(23(29)20-4-2-3-5-21(20)28-15)18-10-6-16(7-11-18)14-17-8-12-19(13-9-17)30-24(25,26)27/h2-13,22H,14H2,1H3. The summed E-state index contributed by atoms with van der Waals surface area (Å²) in [6, 6.07) is 20.8. The Morgan fingerprint density at radius 3 is 2.13 bits per heavy atom. The summed E-state index contributed by atoms with van der Waals surface area (Å²) in [5.41, 5.74) is 4.79. The number of hydrogen-bond acceptors (Lipinski definition) is 3. The van der Waals surface area contributed by atoms with Crippen molar-refractivity contribution in [1.29, 1.82) is 0 Å². The average molecular weight is 409 g/mol. The molecule has 6 heteroatoms. The number of halogens is 3. The van der Waals surface area contributed by atoms with Gasteiger partial charge >= 0.3 is 6.36 Å². The van der Waals surface area contributed by atoms with Crippen LogP contribution >= 0.6 is 0 Å². The van der Waals surface area contributed by atoms with Crippen molar-refractivity contribution in [2.24, 2.45) is 4.99 Å². The van der Waals surface area contributed by atoms with Crippen molar-refractivity contribution in [3.63, 3.8) is 0 Å². The normalized spacial score (nSPS) is 16.1. The summed E-state index contributed by atoms with van der Waals surface area (Å²) < 4.78 is 40.7. The molecule has 3 aromatic carbocycles. The van der Waals surface area contributed by atoms with E-state index in [9.17, 15) is 18.0 Å². The number of ether oxygens (including phenoxy) is 1. The van der Waals surface area contributed by atoms with Gasteiger partial charge in [-0.05, 0) is 54.3 Å². The molecule has 152 valence electrons. The highest BCUT2D eigenvalue weighted by Crippen LogP contribution is 2.34. The zero-order chi connectivity index (χ0) is 21.3. The highest BCUT2D eigenvalue weighted by Gasteiger charge is 2.31. The SMILES string of the molecule is CC1=Nc2ccccc2C(=O)C1c1ccc(Cc2ccc(OC(F)(F)F)cc2)cc1. The second-order valence-corrected chi connectivity index (χ2v) is 7.18. The van der Waals surface area contributed by atoms with E-state index in [4.69, 9.17) is 0 Å². The number of ketones is 1. The van der Waals surface area contributed by atoms with Gasteiger partial charge in [0.1, 0.15) is 5.75 Å². The lowest BCUT2D eigenvalue weighted by Gasteiger charge is -2.22. The maximum atomic E-state index is 13.0. The lowest BCUT2D eigenvalue weighted by atomic mass is 9.84. The third kappa shape index (κ3) is 4.27. The third-order valence-electron chi connectivity index (χ3n) is 5.02. The Morgan fingerprint density at radius 1 is 0.900 bits per heavy atom. The first-order chi connectivity index (χ1) is 14.3. The van der Waals surface area contributed by atoms with Gasteiger partial charge in [-0.15, -0.1) is 13.2 Å². The Kier molecular flexibility index (Phi) is 5.16. The van der Waals surface area contributed by atoms with Gasteiger partial charge in [0.2, 0.25) is 0 Å². The number of fused-ring (bicyclic) bond motifs is 1. The lowest BCUT2D eigenvalue weighted by Crippen LogP contribution is -2.23. The quantitative estimate of drug-likeness (QED) is 0.511. The van der Waals surface area contributed by atoms with Crippen LogP contribution in [-0.4, -0.2) is 17.9 Å². The molecule has 1 aliphatic heterocycles. The van der Waals surface area contributed by atoms with Crippen LogP contribution in [0.5, 0.6) is 5.75 Å². The zero-order valence-electron chi connectivity index (χ0n) is 16.1. The highest BCUT2D eigenvalue weighted by atomic mass is 19.4. The second-order valence-electron chi connectivity index (χ2n) is 7.18. The number of carbonyl (C=O) groups excluding carboxylic acids is 1. The number of hydrogen-bond donors (Lipinski definition) is 0. The van der Waals surface area contributed by atoms with Gasteiger partial charge in [-0.2, -0.15) is 0 Å². The molecule has 1 aliphatic rings. The fraction of sp³-hybridized carbons (Fsp3) is 0.167. The average Bonchev–Trinajstić information content (AvgIpc) is 2.70. The van der Waals surface area contributed by atoms with Crippen molar-refractivity contribution in [2.75, 3.05) is 0 Å². The lowest BCUT2D eigenvalue weighted by molar-refractivity contribution is -0.274. The summed E-state index contributed by atoms with van der Waals surface area (Å²) in [6.45, 7) is 1.86. The van der Waals surface area contributed by atoms with Crippen molar-refractivity contribution in [3.05, 3.63) is 95.1 Å². The molecule has 4 rings (SSSR count). The molecule has 0 aliphatic carbocycles. The summed E-state index contributed by atoms with van der Waals surface area (Å²) in [7, 11) is 0. The maximum Gasteiger partial charge on any atom is 0.573 e. The van der Waals surface area contributed by atoms with Gasteiger partial charge < -0.3 is 4.74 Å². The third-order valence-corrected chi connectivity index (χ3v) is 5.02. The van der Waals surface area contributed by atoms with E-state index in [0.717, 1.165) is 22.4 Å². The Labute approximate surface area is 171 Å². The van der Waals surface area contributed by atoms with E-state index in [-0.39, 0.29) is 11.5 Å². The Hall–Kier alpha value is -3.41. The van der Waals surface area contributed by atoms with Gasteiger partial charge in [0.05, 0.1) is 11.6 Å². The number of alkyl halides is 3. The molecule has 30 heavy (non-hydrogen) atoms. The van der Waals surface area contributed by atoms with Crippen LogP contribution in [0.25, 0.3) is 0 Å². The first-order valence-electron chi connectivity index (χ1n) is 9.42. The number of rotatable bonds is 4. The zero-order valence-corrected chi connectivity index (χ0v) is 16.1. The van der Waals surface area contributed by atoms with Gasteiger partial charge in [-0.3, -0.25) is 9.79 Å². The molecular weight excluding hydrogens is 391 g/mol. The van der Waals surface area contributed by atoms with Crippen LogP contribution in [0.15, 0.2) is 77.8 Å². The monoisotopic (exact) mass is 409 g/mol. The summed E-state index contributed by atoms with van der Waals surface area (Å²) in [5, 5.41) is 0. The molecule has 0 saturated heterocycles. The maximum absolute atomic E-state index is 13.0. The Bertz CT molecular complexity index is 1100. The Morgan fingerprint density at radius 2 is 1.50 bits per heavy atom. The minimum absolute atomic E-state index is 0.0334. The van der Waals surface area contributed by atoms with Gasteiger partial charge in [-0.25, -0.2) is 0 Å². The largest absolute Gasteiger partial charge is 0.573 e. The van der Waals surface area contributed by atoms with Gasteiger partial charge in [-0.1, -0.05) is 48.5 Å². The molecule has 3 aromatic rings. The van der Waals surface area contributed by atoms with E-state index in [0.29, 0.717) is 17.7 Å². The smallest absolute Gasteiger partial charge is 0.406 e. The van der Waals surface area contributed by atoms with Gasteiger partial charge in [0.15, 0.2) is 5.78 Å². The van der Waals surface area contributed by atoms with Crippen molar-refractivity contribution < 1.29 is 22.7 Å². The molecule has 0 spiro atoms. The molecule has 0 N–H and O–H groups in total. The van der Waals surface area contributed by atoms with Crippen LogP contribution < -0.4 is 4.74 Å². The van der Waals surface area contributed by atoms with Crippen LogP contribution in [0.1, 0.15) is 39.9 Å². The minimum atomic E-state index is -4.70. The molecule has 0 bridgehead atoms. The molecule has 0 saturated carbocycles. The van der Waals surface area contributed by atoms with Gasteiger partial charge in [0.25, 0.3) is 0 Å². The Balaban J connectivity index is 1.49. The summed E-state index contributed by atoms with van der Waals surface area (Å²) in [4.78, 5) is 17.5. The molecule has 0 radical (unpaired) electrons. The van der Waals surface area contributed by atoms with Crippen LogP contribution in [0.2, 0.25) is 0 Å². The van der Waals surface area contributed by atoms with E-state index in [2.05, 4.69) is 9.73 Å². The predicted molar refractivity (Wildman–Crippen MR) is 109 cm³/mol. The summed E-state index contributed by atoms with van der Waals surface area (Å²) in [6.07, 6.45) is -4.14. The van der Waals surface area contributed by atoms with Crippen LogP contribution in [0.3, 0.4) is 0 Å². The van der Waals surface area contributed by atoms with E-state index in [1.54, 1.807) is 18.2 Å². The van der Waals surface area contributed by atoms with E-state index in [1.807, 2.05) is 49.4 Å². The van der Waals surface area contributed by atoms with Crippen molar-refractivity contribution in [3.8, 4) is 5.75 Å². The fourth-order valence-electron chi connectivity index (χ4n) is 3.64. The number of aliphatic imine (C=N–C) groups is 1. The fourth-order valence-corrected chi connectivity index (χ4v) is 3.64. The van der Waals surface area contributed by atoms with Crippen molar-refractivity contribution in [1.82, 2.24) is 0 Å². The summed E-state index contributed by atoms with van der Waals surface area (Å²) in [5.74, 6) is -0.619. The molecule has 0 aromatic heterocycles. The van der Waals surface area contributed by atoms with Crippen molar-refractivity contribution in [2.45, 2.75) is 25.6 Å². The van der Waals surface area contributed by atoms with Crippen LogP contribution in [0.4, 0.5) is 18.9 Å². The number of carbonyl (C=O) groups is 1. The topological polar surface area (TPSA) is 38.7 Å². The van der Waals surface area contributed by atoms with Crippen molar-refractivity contribution >= 4 is 17.2 Å². The number of benzene rings is 3. The molecule has 1 heterocycles. The molecule has 0 fully saturated rings. The molecule has 3 nitrogen and oxygen atoms in total. The van der Waals surface area contributed by atoms with Crippen LogP contribution in [-0.2, 0) is 6.42 Å². The molecule has 0 amide bonds. The molecule has 1 atom stereocenters. The number of para-hydroxylation sites is 1. The number of nitrogens with zero attached hydrogens (tertiary/aromatic N) is 1. The molecular formula is C24H18F3NO2. The van der Waals surface area contributed by atoms with E-state index < -0.39 is 12.3 Å². The number of Topliss-reactive ketones (excluding diaryl/α,β-unsaturated/α-hetero) is 1. The first-order valence-corrected chi connectivity index (χ1v) is 9.42. The predicted octanol–water partition coefficient (Wildman–Crippen LogP) is 6.25. The minimum Gasteiger partial charge on any atom is -0.406 e. The van der Waals surface area contributed by atoms with E-state index in [1.165, 1.54) is 12.1 Å². The second kappa shape index (κ2) is 7.78. The first kappa shape index (κ1) is 19.9. The molecule has 1 unspecified atom stereocenters. The van der Waals surface area contributed by atoms with Gasteiger partial charge in [0, 0.05) is 11.3 Å². The summed E-state index contributed by atoms with van der Waals surface area (Å²) >= 11 is 0. The van der Waals surface area contributed by atoms with E-state index >= 15 is 0 Å². The highest BCUT2D eigenvalue weighted by molar-refractivity contribution is 6.21. The van der Waals surface area contributed by atoms with Crippen LogP contribution in [0, 0.1) is 0 Å².